The van der Waals surface area contributed by atoms with Crippen LogP contribution in [0.1, 0.15) is 32.3 Å². The molecule has 7 heteroatoms. The number of hydrogen-bond donors (Lipinski definition) is 1. The third-order valence-electron chi connectivity index (χ3n) is 4.99. The third-order valence-corrected chi connectivity index (χ3v) is 6.86. The Morgan fingerprint density at radius 2 is 1.69 bits per heavy atom. The summed E-state index contributed by atoms with van der Waals surface area (Å²) in [5.74, 6) is -0.102. The minimum absolute atomic E-state index is 0.0285. The second-order valence-electron chi connectivity index (χ2n) is 6.78. The summed E-state index contributed by atoms with van der Waals surface area (Å²) in [4.78, 5) is 14.2. The molecule has 1 saturated heterocycles. The zero-order valence-electron chi connectivity index (χ0n) is 15.9. The van der Waals surface area contributed by atoms with E-state index in [1.165, 1.54) is 5.56 Å². The molecule has 0 atom stereocenters. The maximum absolute atomic E-state index is 12.5. The second kappa shape index (κ2) is 10.0. The SMILES string of the molecule is CCC(CC)C(=O)NCCS(=O)(=O)N1CCN(Cc2ccccc2)CC1. The van der Waals surface area contributed by atoms with Gasteiger partial charge in [0.05, 0.1) is 5.75 Å². The third kappa shape index (κ3) is 6.07. The number of rotatable bonds is 9. The highest BCUT2D eigenvalue weighted by Gasteiger charge is 2.27. The maximum atomic E-state index is 12.5. The molecule has 1 heterocycles. The Morgan fingerprint density at radius 3 is 2.27 bits per heavy atom. The van der Waals surface area contributed by atoms with Crippen molar-refractivity contribution < 1.29 is 13.2 Å². The molecule has 0 spiro atoms. The second-order valence-corrected chi connectivity index (χ2v) is 8.87. The van der Waals surface area contributed by atoms with Gasteiger partial charge in [-0.25, -0.2) is 8.42 Å². The molecule has 2 rings (SSSR count). The van der Waals surface area contributed by atoms with Crippen LogP contribution >= 0.6 is 0 Å². The van der Waals surface area contributed by atoms with Crippen LogP contribution in [0.3, 0.4) is 0 Å². The van der Waals surface area contributed by atoms with Gasteiger partial charge in [0.1, 0.15) is 0 Å². The van der Waals surface area contributed by atoms with Crippen molar-refractivity contribution in [1.29, 1.82) is 0 Å². The van der Waals surface area contributed by atoms with Gasteiger partial charge in [-0.1, -0.05) is 44.2 Å². The van der Waals surface area contributed by atoms with Crippen molar-refractivity contribution in [3.8, 4) is 0 Å². The highest BCUT2D eigenvalue weighted by Crippen LogP contribution is 2.12. The molecule has 1 amide bonds. The van der Waals surface area contributed by atoms with Gasteiger partial charge in [0.15, 0.2) is 0 Å². The van der Waals surface area contributed by atoms with E-state index in [0.29, 0.717) is 13.1 Å². The van der Waals surface area contributed by atoms with E-state index in [2.05, 4.69) is 22.3 Å². The molecule has 1 aliphatic heterocycles. The highest BCUT2D eigenvalue weighted by atomic mass is 32.2. The molecule has 1 fully saturated rings. The highest BCUT2D eigenvalue weighted by molar-refractivity contribution is 7.89. The molecule has 146 valence electrons. The number of amides is 1. The molecular formula is C19H31N3O3S. The number of sulfonamides is 1. The van der Waals surface area contributed by atoms with Gasteiger partial charge in [0.25, 0.3) is 0 Å². The van der Waals surface area contributed by atoms with Crippen LogP contribution in [0.2, 0.25) is 0 Å². The number of piperazine rings is 1. The largest absolute Gasteiger partial charge is 0.355 e. The van der Waals surface area contributed by atoms with Crippen LogP contribution < -0.4 is 5.32 Å². The zero-order valence-corrected chi connectivity index (χ0v) is 16.7. The molecular weight excluding hydrogens is 350 g/mol. The molecule has 1 aliphatic rings. The Morgan fingerprint density at radius 1 is 1.08 bits per heavy atom. The number of benzene rings is 1. The molecule has 0 radical (unpaired) electrons. The summed E-state index contributed by atoms with van der Waals surface area (Å²) >= 11 is 0. The van der Waals surface area contributed by atoms with Gasteiger partial charge in [-0.3, -0.25) is 9.69 Å². The average Bonchev–Trinajstić information content (AvgIpc) is 2.64. The van der Waals surface area contributed by atoms with Crippen molar-refractivity contribution >= 4 is 15.9 Å². The predicted octanol–water partition coefficient (Wildman–Crippen LogP) is 1.69. The normalized spacial score (nSPS) is 16.7. The first kappa shape index (κ1) is 20.9. The Balaban J connectivity index is 1.75. The van der Waals surface area contributed by atoms with Crippen LogP contribution in [0.5, 0.6) is 0 Å². The van der Waals surface area contributed by atoms with E-state index in [1.54, 1.807) is 4.31 Å². The Kier molecular flexibility index (Phi) is 8.06. The van der Waals surface area contributed by atoms with Crippen molar-refractivity contribution in [2.45, 2.75) is 33.2 Å². The van der Waals surface area contributed by atoms with Crippen LogP contribution in [0.25, 0.3) is 0 Å². The molecule has 6 nitrogen and oxygen atoms in total. The lowest BCUT2D eigenvalue weighted by molar-refractivity contribution is -0.125. The van der Waals surface area contributed by atoms with Crippen LogP contribution in [0, 0.1) is 5.92 Å². The van der Waals surface area contributed by atoms with E-state index in [9.17, 15) is 13.2 Å². The van der Waals surface area contributed by atoms with E-state index in [1.807, 2.05) is 32.0 Å². The molecule has 0 unspecified atom stereocenters. The van der Waals surface area contributed by atoms with E-state index < -0.39 is 10.0 Å². The first-order chi connectivity index (χ1) is 12.5. The quantitative estimate of drug-likeness (QED) is 0.707. The Labute approximate surface area is 157 Å². The number of hydrogen-bond acceptors (Lipinski definition) is 4. The minimum Gasteiger partial charge on any atom is -0.355 e. The average molecular weight is 382 g/mol. The topological polar surface area (TPSA) is 69.7 Å². The van der Waals surface area contributed by atoms with E-state index in [0.717, 1.165) is 32.5 Å². The summed E-state index contributed by atoms with van der Waals surface area (Å²) in [5.41, 5.74) is 1.24. The van der Waals surface area contributed by atoms with Crippen molar-refractivity contribution in [3.05, 3.63) is 35.9 Å². The van der Waals surface area contributed by atoms with Crippen LogP contribution in [0.4, 0.5) is 0 Å². The zero-order chi connectivity index (χ0) is 19.0. The van der Waals surface area contributed by atoms with Gasteiger partial charge in [-0.2, -0.15) is 4.31 Å². The van der Waals surface area contributed by atoms with Crippen LogP contribution in [-0.4, -0.2) is 62.0 Å². The molecule has 0 bridgehead atoms. The van der Waals surface area contributed by atoms with Crippen molar-refractivity contribution in [2.24, 2.45) is 5.92 Å². The van der Waals surface area contributed by atoms with Crippen LogP contribution in [0.15, 0.2) is 30.3 Å². The van der Waals surface area contributed by atoms with E-state index in [-0.39, 0.29) is 24.1 Å². The van der Waals surface area contributed by atoms with E-state index in [4.69, 9.17) is 0 Å². The summed E-state index contributed by atoms with van der Waals surface area (Å²) < 4.78 is 26.5. The smallest absolute Gasteiger partial charge is 0.223 e. The van der Waals surface area contributed by atoms with Crippen molar-refractivity contribution in [2.75, 3.05) is 38.5 Å². The van der Waals surface area contributed by atoms with Gasteiger partial charge in [-0.15, -0.1) is 0 Å². The molecule has 0 saturated carbocycles. The lowest BCUT2D eigenvalue weighted by atomic mass is 10.0. The molecule has 1 N–H and O–H groups in total. The molecule has 1 aromatic rings. The summed E-state index contributed by atoms with van der Waals surface area (Å²) in [6.45, 7) is 7.45. The molecule has 0 aliphatic carbocycles. The lowest BCUT2D eigenvalue weighted by Gasteiger charge is -2.34. The van der Waals surface area contributed by atoms with E-state index >= 15 is 0 Å². The fraction of sp³-hybridized carbons (Fsp3) is 0.632. The number of nitrogens with zero attached hydrogens (tertiary/aromatic N) is 2. The fourth-order valence-corrected chi connectivity index (χ4v) is 4.58. The fourth-order valence-electron chi connectivity index (χ4n) is 3.24. The van der Waals surface area contributed by atoms with Gasteiger partial charge >= 0.3 is 0 Å². The van der Waals surface area contributed by atoms with Crippen molar-refractivity contribution in [3.63, 3.8) is 0 Å². The minimum atomic E-state index is -3.32. The van der Waals surface area contributed by atoms with Crippen molar-refractivity contribution in [1.82, 2.24) is 14.5 Å². The lowest BCUT2D eigenvalue weighted by Crippen LogP contribution is -2.49. The summed E-state index contributed by atoms with van der Waals surface area (Å²) in [7, 11) is -3.32. The first-order valence-electron chi connectivity index (χ1n) is 9.48. The molecule has 26 heavy (non-hydrogen) atoms. The molecule has 1 aromatic carbocycles. The number of nitrogens with one attached hydrogen (secondary N) is 1. The van der Waals surface area contributed by atoms with Gasteiger partial charge in [-0.05, 0) is 18.4 Å². The Bertz CT molecular complexity index is 652. The summed E-state index contributed by atoms with van der Waals surface area (Å²) in [6.07, 6.45) is 1.55. The summed E-state index contributed by atoms with van der Waals surface area (Å²) in [5, 5.41) is 2.77. The van der Waals surface area contributed by atoms with Gasteiger partial charge in [0, 0.05) is 45.2 Å². The maximum Gasteiger partial charge on any atom is 0.223 e. The molecule has 0 aromatic heterocycles. The standard InChI is InChI=1S/C19H31N3O3S/c1-3-18(4-2)19(23)20-10-15-26(24,25)22-13-11-21(12-14-22)16-17-8-6-5-7-9-17/h5-9,18H,3-4,10-16H2,1-2H3,(H,20,23). The predicted molar refractivity (Wildman–Crippen MR) is 104 cm³/mol. The Hall–Kier alpha value is -1.44. The van der Waals surface area contributed by atoms with Gasteiger partial charge < -0.3 is 5.32 Å². The van der Waals surface area contributed by atoms with Gasteiger partial charge in [0.2, 0.25) is 15.9 Å². The van der Waals surface area contributed by atoms with Crippen LogP contribution in [-0.2, 0) is 21.4 Å². The number of carbonyl (C=O) groups is 1. The summed E-state index contributed by atoms with van der Waals surface area (Å²) in [6, 6.07) is 10.2. The monoisotopic (exact) mass is 381 g/mol. The first-order valence-corrected chi connectivity index (χ1v) is 11.1. The number of carbonyl (C=O) groups excluding carboxylic acids is 1.